The van der Waals surface area contributed by atoms with Crippen LogP contribution in [-0.2, 0) is 17.6 Å². The Morgan fingerprint density at radius 2 is 1.84 bits per heavy atom. The Morgan fingerprint density at radius 3 is 2.56 bits per heavy atom. The molecule has 2 N–H and O–H groups in total. The summed E-state index contributed by atoms with van der Waals surface area (Å²) in [6.07, 6.45) is 0.884. The Labute approximate surface area is 149 Å². The molecular weight excluding hydrogens is 339 g/mol. The number of benzene rings is 2. The number of nitrogens with zero attached hydrogens (tertiary/aromatic N) is 1. The molecule has 0 saturated carbocycles. The molecule has 0 atom stereocenters. The van der Waals surface area contributed by atoms with E-state index in [0.717, 1.165) is 21.8 Å². The van der Waals surface area contributed by atoms with E-state index in [2.05, 4.69) is 10.3 Å². The summed E-state index contributed by atoms with van der Waals surface area (Å²) in [5.41, 5.74) is 2.58. The van der Waals surface area contributed by atoms with Crippen LogP contribution in [0.5, 0.6) is 5.75 Å². The van der Waals surface area contributed by atoms with Crippen LogP contribution in [0.4, 0.5) is 4.39 Å². The Hall–Kier alpha value is -2.73. The van der Waals surface area contributed by atoms with Crippen LogP contribution in [0.3, 0.4) is 0 Å². The molecule has 2 aromatic carbocycles. The molecule has 0 aliphatic carbocycles. The van der Waals surface area contributed by atoms with Gasteiger partial charge in [0, 0.05) is 23.9 Å². The van der Waals surface area contributed by atoms with Crippen LogP contribution in [-0.4, -0.2) is 22.5 Å². The lowest BCUT2D eigenvalue weighted by Gasteiger charge is -2.04. The summed E-state index contributed by atoms with van der Waals surface area (Å²) < 4.78 is 12.8. The molecule has 0 aliphatic rings. The van der Waals surface area contributed by atoms with Gasteiger partial charge in [-0.2, -0.15) is 0 Å². The quantitative estimate of drug-likeness (QED) is 0.710. The molecule has 0 aliphatic heterocycles. The number of phenolic OH excluding ortho intramolecular Hbond substituents is 1. The van der Waals surface area contributed by atoms with E-state index < -0.39 is 0 Å². The number of phenols is 1. The van der Waals surface area contributed by atoms with Crippen molar-refractivity contribution in [3.63, 3.8) is 0 Å². The SMILES string of the molecule is O=C(Cc1ccc(F)cc1)NCCc1nc(-c2ccc(O)cc2)cs1. The topological polar surface area (TPSA) is 62.2 Å². The van der Waals surface area contributed by atoms with Gasteiger partial charge in [0.25, 0.3) is 0 Å². The van der Waals surface area contributed by atoms with Crippen molar-refractivity contribution in [2.45, 2.75) is 12.8 Å². The summed E-state index contributed by atoms with van der Waals surface area (Å²) in [4.78, 5) is 16.4. The third-order valence-electron chi connectivity index (χ3n) is 3.65. The normalized spacial score (nSPS) is 10.6. The number of amides is 1. The maximum atomic E-state index is 12.8. The van der Waals surface area contributed by atoms with Crippen molar-refractivity contribution in [2.75, 3.05) is 6.54 Å². The number of nitrogens with one attached hydrogen (secondary N) is 1. The maximum Gasteiger partial charge on any atom is 0.224 e. The highest BCUT2D eigenvalue weighted by molar-refractivity contribution is 7.09. The molecule has 0 fully saturated rings. The molecule has 128 valence electrons. The van der Waals surface area contributed by atoms with Crippen LogP contribution >= 0.6 is 11.3 Å². The number of rotatable bonds is 6. The smallest absolute Gasteiger partial charge is 0.224 e. The second-order valence-corrected chi connectivity index (χ2v) is 6.52. The molecular formula is C19H17FN2O2S. The minimum atomic E-state index is -0.308. The third-order valence-corrected chi connectivity index (χ3v) is 4.56. The molecule has 0 unspecified atom stereocenters. The first-order chi connectivity index (χ1) is 12.1. The zero-order valence-corrected chi connectivity index (χ0v) is 14.2. The minimum Gasteiger partial charge on any atom is -0.508 e. The van der Waals surface area contributed by atoms with Crippen LogP contribution in [0.1, 0.15) is 10.6 Å². The van der Waals surface area contributed by atoms with Gasteiger partial charge in [-0.25, -0.2) is 9.37 Å². The van der Waals surface area contributed by atoms with E-state index in [9.17, 15) is 14.3 Å². The molecule has 4 nitrogen and oxygen atoms in total. The highest BCUT2D eigenvalue weighted by Gasteiger charge is 2.07. The zero-order chi connectivity index (χ0) is 17.6. The van der Waals surface area contributed by atoms with Crippen molar-refractivity contribution >= 4 is 17.2 Å². The van der Waals surface area contributed by atoms with Gasteiger partial charge in [0.1, 0.15) is 11.6 Å². The van der Waals surface area contributed by atoms with E-state index in [1.54, 1.807) is 24.3 Å². The molecule has 0 spiro atoms. The summed E-state index contributed by atoms with van der Waals surface area (Å²) in [5, 5.41) is 15.1. The number of hydrogen-bond acceptors (Lipinski definition) is 4. The summed E-state index contributed by atoms with van der Waals surface area (Å²) >= 11 is 1.54. The van der Waals surface area contributed by atoms with Crippen LogP contribution < -0.4 is 5.32 Å². The first-order valence-corrected chi connectivity index (χ1v) is 8.73. The Morgan fingerprint density at radius 1 is 1.12 bits per heavy atom. The van der Waals surface area contributed by atoms with E-state index in [-0.39, 0.29) is 23.9 Å². The highest BCUT2D eigenvalue weighted by atomic mass is 32.1. The monoisotopic (exact) mass is 356 g/mol. The predicted molar refractivity (Wildman–Crippen MR) is 96.0 cm³/mol. The fraction of sp³-hybridized carbons (Fsp3) is 0.158. The lowest BCUT2D eigenvalue weighted by Crippen LogP contribution is -2.27. The van der Waals surface area contributed by atoms with E-state index >= 15 is 0 Å². The van der Waals surface area contributed by atoms with Gasteiger partial charge in [-0.3, -0.25) is 4.79 Å². The third kappa shape index (κ3) is 4.87. The molecule has 1 amide bonds. The Bertz CT molecular complexity index is 845. The maximum absolute atomic E-state index is 12.8. The van der Waals surface area contributed by atoms with E-state index in [1.807, 2.05) is 17.5 Å². The van der Waals surface area contributed by atoms with Gasteiger partial charge >= 0.3 is 0 Å². The summed E-state index contributed by atoms with van der Waals surface area (Å²) in [6.45, 7) is 0.503. The highest BCUT2D eigenvalue weighted by Crippen LogP contribution is 2.23. The van der Waals surface area contributed by atoms with Gasteiger partial charge in [0.05, 0.1) is 17.1 Å². The number of aromatic hydroxyl groups is 1. The average Bonchev–Trinajstić information content (AvgIpc) is 3.06. The van der Waals surface area contributed by atoms with Crippen molar-refractivity contribution in [2.24, 2.45) is 0 Å². The lowest BCUT2D eigenvalue weighted by molar-refractivity contribution is -0.120. The number of carbonyl (C=O) groups is 1. The second kappa shape index (κ2) is 7.90. The Kier molecular flexibility index (Phi) is 5.40. The molecule has 0 saturated heterocycles. The first kappa shape index (κ1) is 17.1. The molecule has 6 heteroatoms. The van der Waals surface area contributed by atoms with Gasteiger partial charge in [-0.05, 0) is 42.0 Å². The average molecular weight is 356 g/mol. The minimum absolute atomic E-state index is 0.0954. The van der Waals surface area contributed by atoms with Gasteiger partial charge in [0.15, 0.2) is 0 Å². The fourth-order valence-electron chi connectivity index (χ4n) is 2.35. The Balaban J connectivity index is 1.48. The second-order valence-electron chi connectivity index (χ2n) is 5.58. The van der Waals surface area contributed by atoms with Crippen LogP contribution in [0, 0.1) is 5.82 Å². The summed E-state index contributed by atoms with van der Waals surface area (Å²) in [6, 6.07) is 12.8. The standard InChI is InChI=1S/C19H17FN2O2S/c20-15-5-1-13(2-6-15)11-18(24)21-10-9-19-22-17(12-25-19)14-3-7-16(23)8-4-14/h1-8,12,23H,9-11H2,(H,21,24). The number of halogens is 1. The van der Waals surface area contributed by atoms with Gasteiger partial charge in [-0.15, -0.1) is 11.3 Å². The molecule has 1 aromatic heterocycles. The van der Waals surface area contributed by atoms with Gasteiger partial charge in [-0.1, -0.05) is 12.1 Å². The summed E-state index contributed by atoms with van der Waals surface area (Å²) in [5.74, 6) is -0.178. The lowest BCUT2D eigenvalue weighted by atomic mass is 10.1. The predicted octanol–water partition coefficient (Wildman–Crippen LogP) is 3.56. The van der Waals surface area contributed by atoms with Crippen LogP contribution in [0.2, 0.25) is 0 Å². The van der Waals surface area contributed by atoms with Crippen molar-refractivity contribution in [3.05, 3.63) is 70.3 Å². The molecule has 25 heavy (non-hydrogen) atoms. The van der Waals surface area contributed by atoms with Crippen molar-refractivity contribution in [1.82, 2.24) is 10.3 Å². The largest absolute Gasteiger partial charge is 0.508 e. The number of thiazole rings is 1. The van der Waals surface area contributed by atoms with E-state index in [1.165, 1.54) is 23.5 Å². The van der Waals surface area contributed by atoms with Gasteiger partial charge in [0.2, 0.25) is 5.91 Å². The fourth-order valence-corrected chi connectivity index (χ4v) is 3.16. The zero-order valence-electron chi connectivity index (χ0n) is 13.4. The molecule has 3 aromatic rings. The first-order valence-electron chi connectivity index (χ1n) is 7.85. The van der Waals surface area contributed by atoms with E-state index in [0.29, 0.717) is 13.0 Å². The number of aromatic nitrogens is 1. The molecule has 1 heterocycles. The van der Waals surface area contributed by atoms with Gasteiger partial charge < -0.3 is 10.4 Å². The number of hydrogen-bond donors (Lipinski definition) is 2. The molecule has 0 bridgehead atoms. The molecule has 3 rings (SSSR count). The number of carbonyl (C=O) groups excluding carboxylic acids is 1. The van der Waals surface area contributed by atoms with Crippen molar-refractivity contribution < 1.29 is 14.3 Å². The van der Waals surface area contributed by atoms with Crippen LogP contribution in [0.25, 0.3) is 11.3 Å². The van der Waals surface area contributed by atoms with Crippen molar-refractivity contribution in [1.29, 1.82) is 0 Å². The molecule has 0 radical (unpaired) electrons. The summed E-state index contributed by atoms with van der Waals surface area (Å²) in [7, 11) is 0. The van der Waals surface area contributed by atoms with Crippen LogP contribution in [0.15, 0.2) is 53.9 Å². The van der Waals surface area contributed by atoms with E-state index in [4.69, 9.17) is 0 Å². The van der Waals surface area contributed by atoms with Crippen molar-refractivity contribution in [3.8, 4) is 17.0 Å².